The van der Waals surface area contributed by atoms with E-state index >= 15 is 0 Å². The van der Waals surface area contributed by atoms with Gasteiger partial charge < -0.3 is 5.73 Å². The van der Waals surface area contributed by atoms with Crippen molar-refractivity contribution in [2.24, 2.45) is 5.73 Å². The number of likely N-dealkylation sites (N-methyl/N-ethyl adjacent to an activating group) is 1. The monoisotopic (exact) mass is 292 g/mol. The molecule has 0 fully saturated rings. The summed E-state index contributed by atoms with van der Waals surface area (Å²) < 4.78 is 52.4. The summed E-state index contributed by atoms with van der Waals surface area (Å²) in [5.74, 6) is -1.79. The summed E-state index contributed by atoms with van der Waals surface area (Å²) in [6.45, 7) is 3.51. The zero-order chi connectivity index (χ0) is 14.8. The molecule has 0 bridgehead atoms. The first-order valence-electron chi connectivity index (χ1n) is 5.83. The first kappa shape index (κ1) is 16.0. The lowest BCUT2D eigenvalue weighted by atomic mass is 10.00. The van der Waals surface area contributed by atoms with Crippen LogP contribution in [0.5, 0.6) is 0 Å². The molecule has 0 heterocycles. The van der Waals surface area contributed by atoms with Crippen LogP contribution in [0, 0.1) is 11.6 Å². The number of nitrogens with zero attached hydrogens (tertiary/aromatic N) is 1. The molecule has 0 aliphatic rings. The highest BCUT2D eigenvalue weighted by Gasteiger charge is 2.36. The Morgan fingerprint density at radius 3 is 2.42 bits per heavy atom. The minimum Gasteiger partial charge on any atom is -0.329 e. The van der Waals surface area contributed by atoms with E-state index in [2.05, 4.69) is 0 Å². The predicted molar refractivity (Wildman–Crippen MR) is 69.1 cm³/mol. The molecule has 0 spiro atoms. The molecule has 0 aliphatic heterocycles. The van der Waals surface area contributed by atoms with Crippen LogP contribution in [-0.4, -0.2) is 31.9 Å². The van der Waals surface area contributed by atoms with E-state index in [4.69, 9.17) is 5.73 Å². The molecule has 4 nitrogen and oxygen atoms in total. The first-order chi connectivity index (χ1) is 8.69. The summed E-state index contributed by atoms with van der Waals surface area (Å²) in [5.41, 5.74) is 4.74. The van der Waals surface area contributed by atoms with E-state index in [0.717, 1.165) is 16.4 Å². The van der Waals surface area contributed by atoms with Crippen LogP contribution in [0.25, 0.3) is 0 Å². The van der Waals surface area contributed by atoms with Crippen molar-refractivity contribution in [2.75, 3.05) is 13.6 Å². The summed E-state index contributed by atoms with van der Waals surface area (Å²) in [4.78, 5) is -0.678. The van der Waals surface area contributed by atoms with Crippen LogP contribution in [0.2, 0.25) is 0 Å². The average Bonchev–Trinajstić information content (AvgIpc) is 2.39. The Kier molecular flexibility index (Phi) is 4.65. The van der Waals surface area contributed by atoms with Gasteiger partial charge in [0.2, 0.25) is 10.0 Å². The van der Waals surface area contributed by atoms with Crippen LogP contribution in [0.1, 0.15) is 20.3 Å². The van der Waals surface area contributed by atoms with E-state index < -0.39 is 32.1 Å². The lowest BCUT2D eigenvalue weighted by Crippen LogP contribution is -2.51. The Balaban J connectivity index is 3.35. The fourth-order valence-corrected chi connectivity index (χ4v) is 3.26. The van der Waals surface area contributed by atoms with Crippen LogP contribution < -0.4 is 5.73 Å². The normalized spacial score (nSPS) is 15.5. The number of hydrogen-bond acceptors (Lipinski definition) is 3. The number of benzene rings is 1. The topological polar surface area (TPSA) is 63.4 Å². The summed E-state index contributed by atoms with van der Waals surface area (Å²) in [5, 5.41) is 0. The maximum atomic E-state index is 13.6. The van der Waals surface area contributed by atoms with Crippen molar-refractivity contribution in [1.29, 1.82) is 0 Å². The SMILES string of the molecule is CCC(C)(CN)N(C)S(=O)(=O)c1cc(F)ccc1F. The Morgan fingerprint density at radius 1 is 1.37 bits per heavy atom. The van der Waals surface area contributed by atoms with Crippen LogP contribution in [0.15, 0.2) is 23.1 Å². The molecule has 2 N–H and O–H groups in total. The fraction of sp³-hybridized carbons (Fsp3) is 0.500. The summed E-state index contributed by atoms with van der Waals surface area (Å²) in [6, 6.07) is 2.34. The summed E-state index contributed by atoms with van der Waals surface area (Å²) in [7, 11) is -2.82. The van der Waals surface area contributed by atoms with Gasteiger partial charge in [0.1, 0.15) is 16.5 Å². The van der Waals surface area contributed by atoms with E-state index in [-0.39, 0.29) is 6.54 Å². The van der Waals surface area contributed by atoms with Gasteiger partial charge in [-0.15, -0.1) is 0 Å². The zero-order valence-corrected chi connectivity index (χ0v) is 12.0. The van der Waals surface area contributed by atoms with Crippen LogP contribution in [-0.2, 0) is 10.0 Å². The highest BCUT2D eigenvalue weighted by atomic mass is 32.2. The second kappa shape index (κ2) is 5.52. The van der Waals surface area contributed by atoms with E-state index in [9.17, 15) is 17.2 Å². The van der Waals surface area contributed by atoms with Crippen LogP contribution in [0.4, 0.5) is 8.78 Å². The number of rotatable bonds is 5. The van der Waals surface area contributed by atoms with E-state index in [1.807, 2.05) is 0 Å². The molecular weight excluding hydrogens is 274 g/mol. The van der Waals surface area contributed by atoms with Gasteiger partial charge in [0, 0.05) is 19.1 Å². The van der Waals surface area contributed by atoms with Crippen molar-refractivity contribution >= 4 is 10.0 Å². The molecule has 108 valence electrons. The third-order valence-corrected chi connectivity index (χ3v) is 5.52. The molecule has 1 aromatic rings. The lowest BCUT2D eigenvalue weighted by Gasteiger charge is -2.36. The summed E-state index contributed by atoms with van der Waals surface area (Å²) in [6.07, 6.45) is 0.455. The summed E-state index contributed by atoms with van der Waals surface area (Å²) >= 11 is 0. The number of nitrogens with two attached hydrogens (primary N) is 1. The van der Waals surface area contributed by atoms with Gasteiger partial charge in [-0.05, 0) is 31.5 Å². The molecular formula is C12H18F2N2O2S. The standard InChI is InChI=1S/C12H18F2N2O2S/c1-4-12(2,8-15)16(3)19(17,18)11-7-9(13)5-6-10(11)14/h5-7H,4,8,15H2,1-3H3. The van der Waals surface area contributed by atoms with Gasteiger partial charge in [0.15, 0.2) is 0 Å². The Hall–Kier alpha value is -1.05. The van der Waals surface area contributed by atoms with Crippen molar-refractivity contribution in [1.82, 2.24) is 4.31 Å². The smallest absolute Gasteiger partial charge is 0.246 e. The molecule has 19 heavy (non-hydrogen) atoms. The molecule has 1 rings (SSSR count). The average molecular weight is 292 g/mol. The lowest BCUT2D eigenvalue weighted by molar-refractivity contribution is 0.239. The van der Waals surface area contributed by atoms with E-state index in [1.54, 1.807) is 13.8 Å². The Bertz CT molecular complexity index is 557. The molecule has 0 amide bonds. The molecule has 0 aromatic heterocycles. The second-order valence-corrected chi connectivity index (χ2v) is 6.54. The van der Waals surface area contributed by atoms with E-state index in [0.29, 0.717) is 12.5 Å². The quantitative estimate of drug-likeness (QED) is 0.898. The van der Waals surface area contributed by atoms with Crippen LogP contribution in [0.3, 0.4) is 0 Å². The van der Waals surface area contributed by atoms with Gasteiger partial charge in [0.05, 0.1) is 0 Å². The van der Waals surface area contributed by atoms with Gasteiger partial charge in [-0.1, -0.05) is 6.92 Å². The Labute approximate surface area is 112 Å². The maximum Gasteiger partial charge on any atom is 0.246 e. The van der Waals surface area contributed by atoms with Gasteiger partial charge in [0.25, 0.3) is 0 Å². The van der Waals surface area contributed by atoms with Gasteiger partial charge >= 0.3 is 0 Å². The second-order valence-electron chi connectivity index (χ2n) is 4.60. The predicted octanol–water partition coefficient (Wildman–Crippen LogP) is 1.71. The Morgan fingerprint density at radius 2 is 1.95 bits per heavy atom. The van der Waals surface area contributed by atoms with Crippen molar-refractivity contribution in [3.05, 3.63) is 29.8 Å². The van der Waals surface area contributed by atoms with Crippen molar-refractivity contribution in [2.45, 2.75) is 30.7 Å². The number of halogens is 2. The first-order valence-corrected chi connectivity index (χ1v) is 7.27. The molecule has 1 aromatic carbocycles. The highest BCUT2D eigenvalue weighted by Crippen LogP contribution is 2.26. The molecule has 0 saturated heterocycles. The molecule has 0 saturated carbocycles. The zero-order valence-electron chi connectivity index (χ0n) is 11.2. The maximum absolute atomic E-state index is 13.6. The fourth-order valence-electron chi connectivity index (χ4n) is 1.61. The van der Waals surface area contributed by atoms with Gasteiger partial charge in [-0.3, -0.25) is 0 Å². The molecule has 0 radical (unpaired) electrons. The number of hydrogen-bond donors (Lipinski definition) is 1. The number of sulfonamides is 1. The minimum absolute atomic E-state index is 0.0795. The third kappa shape index (κ3) is 2.93. The van der Waals surface area contributed by atoms with Crippen molar-refractivity contribution < 1.29 is 17.2 Å². The van der Waals surface area contributed by atoms with Gasteiger partial charge in [-0.2, -0.15) is 4.31 Å². The van der Waals surface area contributed by atoms with E-state index in [1.165, 1.54) is 7.05 Å². The molecule has 7 heteroatoms. The largest absolute Gasteiger partial charge is 0.329 e. The van der Waals surface area contributed by atoms with Crippen molar-refractivity contribution in [3.8, 4) is 0 Å². The molecule has 0 aliphatic carbocycles. The van der Waals surface area contributed by atoms with Gasteiger partial charge in [-0.25, -0.2) is 17.2 Å². The third-order valence-electron chi connectivity index (χ3n) is 3.49. The van der Waals surface area contributed by atoms with Crippen LogP contribution >= 0.6 is 0 Å². The molecule has 1 unspecified atom stereocenters. The highest BCUT2D eigenvalue weighted by molar-refractivity contribution is 7.89. The van der Waals surface area contributed by atoms with Crippen molar-refractivity contribution in [3.63, 3.8) is 0 Å². The minimum atomic E-state index is -4.14. The molecule has 1 atom stereocenters.